The number of nitrogens with one attached hydrogen (secondary N) is 1. The number of imidazole rings is 1. The number of pyridine rings is 1. The molecule has 0 aliphatic carbocycles. The maximum absolute atomic E-state index is 12.7. The lowest BCUT2D eigenvalue weighted by atomic mass is 10.1. The zero-order valence-electron chi connectivity index (χ0n) is 12.4. The number of amides is 1. The standard InChI is InChI=1S/C15H16ClN3O4/c1-7-12(19-4-8(16)2-3-11(19)17-7)15(21)18-9-5-22-14-10(20)6-23-13(9)14/h2-4,9-10,13-14,20H,5-6H2,1H3,(H,18,21)/t9-,10-,13-,14-/m1/s1. The number of aromatic nitrogens is 2. The van der Waals surface area contributed by atoms with Crippen molar-refractivity contribution in [1.29, 1.82) is 0 Å². The van der Waals surface area contributed by atoms with E-state index in [9.17, 15) is 9.90 Å². The largest absolute Gasteiger partial charge is 0.388 e. The molecule has 4 heterocycles. The highest BCUT2D eigenvalue weighted by Crippen LogP contribution is 2.27. The Hall–Kier alpha value is -1.67. The van der Waals surface area contributed by atoms with Crippen LogP contribution in [-0.4, -0.2) is 58.0 Å². The first-order chi connectivity index (χ1) is 11.0. The van der Waals surface area contributed by atoms with Gasteiger partial charge in [-0.25, -0.2) is 4.98 Å². The molecule has 2 aliphatic heterocycles. The van der Waals surface area contributed by atoms with Crippen molar-refractivity contribution in [2.24, 2.45) is 0 Å². The Morgan fingerprint density at radius 1 is 1.39 bits per heavy atom. The second-order valence-corrected chi connectivity index (χ2v) is 6.30. The van der Waals surface area contributed by atoms with E-state index >= 15 is 0 Å². The Kier molecular flexibility index (Phi) is 3.53. The molecular formula is C15H16ClN3O4. The quantitative estimate of drug-likeness (QED) is 0.836. The Balaban J connectivity index is 1.60. The summed E-state index contributed by atoms with van der Waals surface area (Å²) in [5.74, 6) is -0.267. The lowest BCUT2D eigenvalue weighted by molar-refractivity contribution is 0.0178. The number of aliphatic hydroxyl groups excluding tert-OH is 1. The van der Waals surface area contributed by atoms with Crippen LogP contribution in [0, 0.1) is 6.92 Å². The summed E-state index contributed by atoms with van der Waals surface area (Å²) in [4.78, 5) is 17.1. The van der Waals surface area contributed by atoms with Crippen LogP contribution in [0.25, 0.3) is 5.65 Å². The van der Waals surface area contributed by atoms with Crippen LogP contribution in [0.5, 0.6) is 0 Å². The highest BCUT2D eigenvalue weighted by atomic mass is 35.5. The lowest BCUT2D eigenvalue weighted by Crippen LogP contribution is -2.44. The molecule has 0 bridgehead atoms. The van der Waals surface area contributed by atoms with Gasteiger partial charge >= 0.3 is 0 Å². The van der Waals surface area contributed by atoms with Gasteiger partial charge in [0.25, 0.3) is 5.91 Å². The van der Waals surface area contributed by atoms with E-state index in [0.29, 0.717) is 28.7 Å². The molecule has 2 fully saturated rings. The van der Waals surface area contributed by atoms with E-state index in [4.69, 9.17) is 21.1 Å². The number of hydrogen-bond donors (Lipinski definition) is 2. The molecule has 1 amide bonds. The summed E-state index contributed by atoms with van der Waals surface area (Å²) in [7, 11) is 0. The zero-order chi connectivity index (χ0) is 16.1. The van der Waals surface area contributed by atoms with Crippen molar-refractivity contribution in [3.63, 3.8) is 0 Å². The monoisotopic (exact) mass is 337 g/mol. The van der Waals surface area contributed by atoms with Gasteiger partial charge in [0, 0.05) is 6.20 Å². The first-order valence-electron chi connectivity index (χ1n) is 7.41. The molecular weight excluding hydrogens is 322 g/mol. The Labute approximate surface area is 137 Å². The molecule has 2 N–H and O–H groups in total. The van der Waals surface area contributed by atoms with Gasteiger partial charge in [-0.1, -0.05) is 11.6 Å². The fraction of sp³-hybridized carbons (Fsp3) is 0.467. The van der Waals surface area contributed by atoms with Gasteiger partial charge in [0.1, 0.15) is 29.7 Å². The summed E-state index contributed by atoms with van der Waals surface area (Å²) in [6.07, 6.45) is 0.323. The predicted molar refractivity (Wildman–Crippen MR) is 81.7 cm³/mol. The van der Waals surface area contributed by atoms with Crippen molar-refractivity contribution < 1.29 is 19.4 Å². The van der Waals surface area contributed by atoms with Crippen LogP contribution in [0.2, 0.25) is 5.02 Å². The molecule has 0 saturated carbocycles. The third kappa shape index (κ3) is 2.40. The molecule has 0 radical (unpaired) electrons. The molecule has 2 saturated heterocycles. The summed E-state index contributed by atoms with van der Waals surface area (Å²) in [6.45, 7) is 2.32. The maximum atomic E-state index is 12.7. The average molecular weight is 338 g/mol. The molecule has 4 rings (SSSR count). The Morgan fingerprint density at radius 3 is 3.00 bits per heavy atom. The van der Waals surface area contributed by atoms with Crippen molar-refractivity contribution in [3.05, 3.63) is 34.7 Å². The van der Waals surface area contributed by atoms with Crippen molar-refractivity contribution >= 4 is 23.2 Å². The lowest BCUT2D eigenvalue weighted by Gasteiger charge is -2.17. The van der Waals surface area contributed by atoms with Crippen LogP contribution >= 0.6 is 11.6 Å². The number of ether oxygens (including phenoxy) is 2. The third-order valence-corrected chi connectivity index (χ3v) is 4.54. The Bertz CT molecular complexity index is 777. The second kappa shape index (κ2) is 5.45. The van der Waals surface area contributed by atoms with Gasteiger partial charge in [-0.15, -0.1) is 0 Å². The molecule has 0 unspecified atom stereocenters. The van der Waals surface area contributed by atoms with E-state index in [1.807, 2.05) is 0 Å². The SMILES string of the molecule is Cc1nc2ccc(Cl)cn2c1C(=O)N[C@@H]1CO[C@H]2[C@@H]1OC[C@H]2O. The summed E-state index contributed by atoms with van der Waals surface area (Å²) in [5, 5.41) is 13.2. The maximum Gasteiger partial charge on any atom is 0.270 e. The number of carbonyl (C=O) groups is 1. The summed E-state index contributed by atoms with van der Waals surface area (Å²) in [5.41, 5.74) is 1.71. The van der Waals surface area contributed by atoms with Crippen LogP contribution in [0.15, 0.2) is 18.3 Å². The molecule has 2 aromatic heterocycles. The molecule has 2 aromatic rings. The highest BCUT2D eigenvalue weighted by Gasteiger charge is 2.47. The van der Waals surface area contributed by atoms with E-state index < -0.39 is 6.10 Å². The molecule has 2 aliphatic rings. The molecule has 23 heavy (non-hydrogen) atoms. The summed E-state index contributed by atoms with van der Waals surface area (Å²) >= 11 is 6.02. The minimum Gasteiger partial charge on any atom is -0.388 e. The van der Waals surface area contributed by atoms with Crippen LogP contribution < -0.4 is 5.32 Å². The molecule has 8 heteroatoms. The molecule has 0 spiro atoms. The van der Waals surface area contributed by atoms with E-state index in [2.05, 4.69) is 10.3 Å². The minimum atomic E-state index is -0.641. The smallest absolute Gasteiger partial charge is 0.270 e. The molecule has 4 atom stereocenters. The van der Waals surface area contributed by atoms with E-state index in [1.165, 1.54) is 0 Å². The van der Waals surface area contributed by atoms with Crippen molar-refractivity contribution in [2.45, 2.75) is 31.3 Å². The van der Waals surface area contributed by atoms with Gasteiger partial charge in [0.2, 0.25) is 0 Å². The number of fused-ring (bicyclic) bond motifs is 2. The fourth-order valence-corrected chi connectivity index (χ4v) is 3.41. The van der Waals surface area contributed by atoms with Crippen LogP contribution in [-0.2, 0) is 9.47 Å². The number of aryl methyl sites for hydroxylation is 1. The zero-order valence-corrected chi connectivity index (χ0v) is 13.2. The number of halogens is 1. The van der Waals surface area contributed by atoms with Gasteiger partial charge in [0.15, 0.2) is 0 Å². The number of carbonyl (C=O) groups excluding carboxylic acids is 1. The normalized spacial score (nSPS) is 29.9. The fourth-order valence-electron chi connectivity index (χ4n) is 3.25. The van der Waals surface area contributed by atoms with Crippen LogP contribution in [0.1, 0.15) is 16.2 Å². The average Bonchev–Trinajstić information content (AvgIpc) is 3.15. The van der Waals surface area contributed by atoms with Crippen molar-refractivity contribution in [1.82, 2.24) is 14.7 Å². The summed E-state index contributed by atoms with van der Waals surface area (Å²) in [6, 6.07) is 3.19. The molecule has 7 nitrogen and oxygen atoms in total. The van der Waals surface area contributed by atoms with Gasteiger partial charge in [-0.3, -0.25) is 9.20 Å². The first-order valence-corrected chi connectivity index (χ1v) is 7.79. The minimum absolute atomic E-state index is 0.228. The highest BCUT2D eigenvalue weighted by molar-refractivity contribution is 6.30. The van der Waals surface area contributed by atoms with Gasteiger partial charge in [-0.05, 0) is 19.1 Å². The summed E-state index contributed by atoms with van der Waals surface area (Å²) < 4.78 is 12.7. The Morgan fingerprint density at radius 2 is 2.17 bits per heavy atom. The van der Waals surface area contributed by atoms with Gasteiger partial charge < -0.3 is 19.9 Å². The first kappa shape index (κ1) is 14.9. The van der Waals surface area contributed by atoms with E-state index in [0.717, 1.165) is 0 Å². The van der Waals surface area contributed by atoms with Crippen molar-refractivity contribution in [2.75, 3.05) is 13.2 Å². The van der Waals surface area contributed by atoms with Crippen molar-refractivity contribution in [3.8, 4) is 0 Å². The number of nitrogens with zero attached hydrogens (tertiary/aromatic N) is 2. The second-order valence-electron chi connectivity index (χ2n) is 5.86. The van der Waals surface area contributed by atoms with E-state index in [1.54, 1.807) is 29.7 Å². The topological polar surface area (TPSA) is 85.1 Å². The third-order valence-electron chi connectivity index (χ3n) is 4.32. The molecule has 0 aromatic carbocycles. The van der Waals surface area contributed by atoms with Gasteiger partial charge in [0.05, 0.1) is 30.0 Å². The van der Waals surface area contributed by atoms with Gasteiger partial charge in [-0.2, -0.15) is 0 Å². The number of hydrogen-bond acceptors (Lipinski definition) is 5. The number of aliphatic hydroxyl groups is 1. The predicted octanol–water partition coefficient (Wildman–Crippen LogP) is 0.553. The van der Waals surface area contributed by atoms with E-state index in [-0.39, 0.29) is 30.8 Å². The van der Waals surface area contributed by atoms with Crippen LogP contribution in [0.3, 0.4) is 0 Å². The van der Waals surface area contributed by atoms with Crippen LogP contribution in [0.4, 0.5) is 0 Å². The number of rotatable bonds is 2. The molecule has 122 valence electrons.